The summed E-state index contributed by atoms with van der Waals surface area (Å²) in [6.45, 7) is 3.16. The number of aromatic nitrogens is 1. The first-order chi connectivity index (χ1) is 13.8. The first kappa shape index (κ1) is 18.8. The second-order valence-corrected chi connectivity index (χ2v) is 8.11. The summed E-state index contributed by atoms with van der Waals surface area (Å²) in [7, 11) is 0. The van der Waals surface area contributed by atoms with E-state index in [9.17, 15) is 4.79 Å². The van der Waals surface area contributed by atoms with Crippen LogP contribution in [0.3, 0.4) is 0 Å². The van der Waals surface area contributed by atoms with Gasteiger partial charge in [-0.2, -0.15) is 0 Å². The minimum Gasteiger partial charge on any atom is -0.298 e. The van der Waals surface area contributed by atoms with Crippen LogP contribution in [0.4, 0.5) is 5.13 Å². The summed E-state index contributed by atoms with van der Waals surface area (Å²) in [5, 5.41) is 5.72. The lowest BCUT2D eigenvalue weighted by Crippen LogP contribution is -2.29. The van der Waals surface area contributed by atoms with Gasteiger partial charge in [-0.05, 0) is 49.5 Å². The number of piperidine rings is 1. The molecule has 0 aliphatic carbocycles. The molecule has 1 amide bonds. The van der Waals surface area contributed by atoms with Crippen LogP contribution in [0.2, 0.25) is 0 Å². The van der Waals surface area contributed by atoms with Gasteiger partial charge in [0.2, 0.25) is 0 Å². The lowest BCUT2D eigenvalue weighted by molar-refractivity contribution is 0.102. The van der Waals surface area contributed by atoms with E-state index in [-0.39, 0.29) is 5.91 Å². The Morgan fingerprint density at radius 3 is 2.57 bits per heavy atom. The third-order valence-corrected chi connectivity index (χ3v) is 5.91. The molecule has 1 aliphatic rings. The van der Waals surface area contributed by atoms with Crippen molar-refractivity contribution in [1.29, 1.82) is 0 Å². The summed E-state index contributed by atoms with van der Waals surface area (Å²) >= 11 is 1.50. The van der Waals surface area contributed by atoms with Gasteiger partial charge in [0.05, 0.1) is 5.69 Å². The zero-order chi connectivity index (χ0) is 19.2. The summed E-state index contributed by atoms with van der Waals surface area (Å²) in [4.78, 5) is 19.9. The summed E-state index contributed by atoms with van der Waals surface area (Å²) < 4.78 is 0. The number of nitrogens with one attached hydrogen (secondary N) is 1. The monoisotopic (exact) mass is 391 g/mol. The molecule has 1 N–H and O–H groups in total. The predicted molar refractivity (Wildman–Crippen MR) is 115 cm³/mol. The Labute approximate surface area is 170 Å². The van der Waals surface area contributed by atoms with E-state index >= 15 is 0 Å². The number of benzene rings is 2. The maximum absolute atomic E-state index is 12.9. The maximum atomic E-state index is 12.9. The number of likely N-dealkylation sites (tertiary alicyclic amines) is 1. The van der Waals surface area contributed by atoms with E-state index in [0.29, 0.717) is 10.7 Å². The molecule has 0 spiro atoms. The number of hydrogen-bond donors (Lipinski definition) is 1. The van der Waals surface area contributed by atoms with E-state index in [1.54, 1.807) is 0 Å². The molecule has 1 aliphatic heterocycles. The number of rotatable bonds is 6. The van der Waals surface area contributed by atoms with Crippen molar-refractivity contribution in [3.63, 3.8) is 0 Å². The van der Waals surface area contributed by atoms with Gasteiger partial charge in [0.1, 0.15) is 0 Å². The van der Waals surface area contributed by atoms with Crippen molar-refractivity contribution in [2.45, 2.75) is 32.2 Å². The number of carbonyl (C=O) groups excluding carboxylic acids is 1. The van der Waals surface area contributed by atoms with Crippen molar-refractivity contribution in [1.82, 2.24) is 9.88 Å². The van der Waals surface area contributed by atoms with Crippen LogP contribution in [0, 0.1) is 0 Å². The van der Waals surface area contributed by atoms with Crippen LogP contribution in [0.5, 0.6) is 0 Å². The molecule has 0 atom stereocenters. The van der Waals surface area contributed by atoms with E-state index in [4.69, 9.17) is 0 Å². The van der Waals surface area contributed by atoms with Crippen LogP contribution in [-0.4, -0.2) is 28.9 Å². The van der Waals surface area contributed by atoms with E-state index in [1.165, 1.54) is 36.2 Å². The third-order valence-electron chi connectivity index (χ3n) is 5.11. The molecule has 1 aromatic heterocycles. The molecule has 4 nitrogen and oxygen atoms in total. The van der Waals surface area contributed by atoms with Gasteiger partial charge in [-0.15, -0.1) is 11.3 Å². The van der Waals surface area contributed by atoms with E-state index in [1.807, 2.05) is 42.5 Å². The van der Waals surface area contributed by atoms with Crippen LogP contribution in [-0.2, 0) is 13.0 Å². The highest BCUT2D eigenvalue weighted by Crippen LogP contribution is 2.21. The number of amides is 1. The Kier molecular flexibility index (Phi) is 6.14. The van der Waals surface area contributed by atoms with E-state index < -0.39 is 0 Å². The summed E-state index contributed by atoms with van der Waals surface area (Å²) in [5.74, 6) is -0.0922. The van der Waals surface area contributed by atoms with Crippen molar-refractivity contribution in [2.75, 3.05) is 18.4 Å². The molecule has 144 valence electrons. The fraction of sp³-hybridized carbons (Fsp3) is 0.304. The first-order valence-electron chi connectivity index (χ1n) is 9.88. The van der Waals surface area contributed by atoms with Crippen molar-refractivity contribution in [3.05, 3.63) is 82.4 Å². The molecule has 1 fully saturated rings. The van der Waals surface area contributed by atoms with Gasteiger partial charge in [0.15, 0.2) is 5.13 Å². The van der Waals surface area contributed by atoms with Crippen molar-refractivity contribution < 1.29 is 4.79 Å². The summed E-state index contributed by atoms with van der Waals surface area (Å²) in [6, 6.07) is 18.0. The zero-order valence-corrected chi connectivity index (χ0v) is 16.8. The van der Waals surface area contributed by atoms with Gasteiger partial charge in [0, 0.05) is 17.5 Å². The van der Waals surface area contributed by atoms with Gasteiger partial charge < -0.3 is 0 Å². The highest BCUT2D eigenvalue weighted by molar-refractivity contribution is 7.14. The van der Waals surface area contributed by atoms with Gasteiger partial charge >= 0.3 is 0 Å². The summed E-state index contributed by atoms with van der Waals surface area (Å²) in [6.07, 6.45) is 4.61. The first-order valence-corrected chi connectivity index (χ1v) is 10.8. The van der Waals surface area contributed by atoms with Gasteiger partial charge in [-0.25, -0.2) is 4.98 Å². The molecule has 4 rings (SSSR count). The Balaban J connectivity index is 1.43. The van der Waals surface area contributed by atoms with Crippen molar-refractivity contribution >= 4 is 22.4 Å². The van der Waals surface area contributed by atoms with Crippen LogP contribution in [0.15, 0.2) is 60.0 Å². The fourth-order valence-corrected chi connectivity index (χ4v) is 4.36. The SMILES string of the molecule is O=C(Nc1nc(CN2CCCCC2)cs1)c1ccccc1Cc1ccccc1. The topological polar surface area (TPSA) is 45.2 Å². The molecule has 28 heavy (non-hydrogen) atoms. The predicted octanol–water partition coefficient (Wildman–Crippen LogP) is 4.97. The molecule has 0 unspecified atom stereocenters. The Hall–Kier alpha value is -2.50. The molecule has 0 radical (unpaired) electrons. The number of carbonyl (C=O) groups is 1. The molecule has 2 heterocycles. The molecule has 0 bridgehead atoms. The number of nitrogens with zero attached hydrogens (tertiary/aromatic N) is 2. The average molecular weight is 392 g/mol. The molecule has 0 saturated carbocycles. The normalized spacial score (nSPS) is 14.7. The molecule has 2 aromatic carbocycles. The largest absolute Gasteiger partial charge is 0.298 e. The second kappa shape index (κ2) is 9.13. The van der Waals surface area contributed by atoms with Gasteiger partial charge in [0.25, 0.3) is 5.91 Å². The zero-order valence-electron chi connectivity index (χ0n) is 15.9. The van der Waals surface area contributed by atoms with Crippen LogP contribution >= 0.6 is 11.3 Å². The molecular weight excluding hydrogens is 366 g/mol. The highest BCUT2D eigenvalue weighted by atomic mass is 32.1. The Morgan fingerprint density at radius 1 is 1.00 bits per heavy atom. The van der Waals surface area contributed by atoms with E-state index in [2.05, 4.69) is 32.7 Å². The molecular formula is C23H25N3OS. The number of hydrogen-bond acceptors (Lipinski definition) is 4. The molecule has 1 saturated heterocycles. The summed E-state index contributed by atoms with van der Waals surface area (Å²) in [5.41, 5.74) is 3.97. The highest BCUT2D eigenvalue weighted by Gasteiger charge is 2.15. The Morgan fingerprint density at radius 2 is 1.75 bits per heavy atom. The lowest BCUT2D eigenvalue weighted by Gasteiger charge is -2.25. The quantitative estimate of drug-likeness (QED) is 0.645. The van der Waals surface area contributed by atoms with Crippen molar-refractivity contribution in [2.24, 2.45) is 0 Å². The van der Waals surface area contributed by atoms with Gasteiger partial charge in [-0.3, -0.25) is 15.0 Å². The second-order valence-electron chi connectivity index (χ2n) is 7.25. The molecule has 3 aromatic rings. The maximum Gasteiger partial charge on any atom is 0.257 e. The number of thiazole rings is 1. The van der Waals surface area contributed by atoms with Crippen LogP contribution in [0.1, 0.15) is 46.4 Å². The third kappa shape index (κ3) is 4.86. The lowest BCUT2D eigenvalue weighted by atomic mass is 9.99. The number of anilines is 1. The van der Waals surface area contributed by atoms with Crippen LogP contribution in [0.25, 0.3) is 0 Å². The standard InChI is InChI=1S/C23H25N3OS/c27-22(21-12-6-5-11-19(21)15-18-9-3-1-4-10-18)25-23-24-20(17-28-23)16-26-13-7-2-8-14-26/h1,3-6,9-12,17H,2,7-8,13-16H2,(H,24,25,27). The minimum absolute atomic E-state index is 0.0922. The van der Waals surface area contributed by atoms with Crippen LogP contribution < -0.4 is 5.32 Å². The van der Waals surface area contributed by atoms with E-state index in [0.717, 1.165) is 37.3 Å². The molecule has 5 heteroatoms. The fourth-order valence-electron chi connectivity index (χ4n) is 3.66. The average Bonchev–Trinajstić information content (AvgIpc) is 3.16. The van der Waals surface area contributed by atoms with Gasteiger partial charge in [-0.1, -0.05) is 55.0 Å². The van der Waals surface area contributed by atoms with Crippen molar-refractivity contribution in [3.8, 4) is 0 Å². The smallest absolute Gasteiger partial charge is 0.257 e. The minimum atomic E-state index is -0.0922. The Bertz CT molecular complexity index is 916.